The van der Waals surface area contributed by atoms with E-state index < -0.39 is 0 Å². The van der Waals surface area contributed by atoms with Crippen molar-refractivity contribution in [2.75, 3.05) is 0 Å². The van der Waals surface area contributed by atoms with Crippen molar-refractivity contribution in [3.63, 3.8) is 0 Å². The van der Waals surface area contributed by atoms with E-state index in [1.165, 1.54) is 6.42 Å². The van der Waals surface area contributed by atoms with Gasteiger partial charge < -0.3 is 0 Å². The van der Waals surface area contributed by atoms with Gasteiger partial charge in [-0.15, -0.1) is 0 Å². The van der Waals surface area contributed by atoms with Crippen LogP contribution in [0.2, 0.25) is 0 Å². The minimum atomic E-state index is -0.194. The summed E-state index contributed by atoms with van der Waals surface area (Å²) >= 11 is 0. The highest BCUT2D eigenvalue weighted by molar-refractivity contribution is 6.00. The molecule has 0 saturated carbocycles. The van der Waals surface area contributed by atoms with Crippen LogP contribution < -0.4 is 5.32 Å². The highest BCUT2D eigenvalue weighted by Gasteiger charge is 2.27. The Morgan fingerprint density at radius 1 is 1.19 bits per heavy atom. The van der Waals surface area contributed by atoms with Gasteiger partial charge in [-0.25, -0.2) is 0 Å². The molecule has 1 aliphatic rings. The van der Waals surface area contributed by atoms with E-state index in [9.17, 15) is 9.59 Å². The van der Waals surface area contributed by atoms with Crippen LogP contribution in [0.15, 0.2) is 24.3 Å². The number of rotatable bonds is 3. The molecule has 2 amide bonds. The summed E-state index contributed by atoms with van der Waals surface area (Å²) in [4.78, 5) is 22.4. The molecular formula is C18H35NO2. The van der Waals surface area contributed by atoms with Crippen molar-refractivity contribution in [1.29, 1.82) is 0 Å². The van der Waals surface area contributed by atoms with Crippen molar-refractivity contribution in [3.8, 4) is 0 Å². The monoisotopic (exact) mass is 297 g/mol. The van der Waals surface area contributed by atoms with Crippen LogP contribution in [-0.4, -0.2) is 11.8 Å². The van der Waals surface area contributed by atoms with Gasteiger partial charge in [0.15, 0.2) is 0 Å². The summed E-state index contributed by atoms with van der Waals surface area (Å²) < 4.78 is 0. The molecular weight excluding hydrogens is 262 g/mol. The van der Waals surface area contributed by atoms with Crippen molar-refractivity contribution in [1.82, 2.24) is 5.32 Å². The highest BCUT2D eigenvalue weighted by Crippen LogP contribution is 2.22. The Bertz CT molecular complexity index is 306. The predicted octanol–water partition coefficient (Wildman–Crippen LogP) is 5.03. The lowest BCUT2D eigenvalue weighted by Gasteiger charge is -2.21. The number of piperidine rings is 1. The van der Waals surface area contributed by atoms with E-state index in [4.69, 9.17) is 0 Å². The molecule has 21 heavy (non-hydrogen) atoms. The maximum Gasteiger partial charge on any atom is 0.234 e. The first-order chi connectivity index (χ1) is 10.1. The van der Waals surface area contributed by atoms with Crippen LogP contribution >= 0.6 is 0 Å². The van der Waals surface area contributed by atoms with Gasteiger partial charge in [0.05, 0.1) is 5.92 Å². The largest absolute Gasteiger partial charge is 0.296 e. The fraction of sp³-hybridized carbons (Fsp3) is 0.667. The van der Waals surface area contributed by atoms with E-state index in [1.54, 1.807) is 6.08 Å². The lowest BCUT2D eigenvalue weighted by Crippen LogP contribution is -2.41. The van der Waals surface area contributed by atoms with E-state index in [2.05, 4.69) is 25.7 Å². The van der Waals surface area contributed by atoms with Crippen molar-refractivity contribution in [2.24, 2.45) is 5.92 Å². The molecule has 3 nitrogen and oxygen atoms in total. The van der Waals surface area contributed by atoms with E-state index in [-0.39, 0.29) is 17.7 Å². The van der Waals surface area contributed by atoms with Gasteiger partial charge in [0.2, 0.25) is 11.8 Å². The molecule has 1 N–H and O–H groups in total. The van der Waals surface area contributed by atoms with Gasteiger partial charge in [0.25, 0.3) is 0 Å². The van der Waals surface area contributed by atoms with E-state index in [0.717, 1.165) is 12.0 Å². The molecule has 1 unspecified atom stereocenters. The zero-order valence-electron chi connectivity index (χ0n) is 15.1. The van der Waals surface area contributed by atoms with Gasteiger partial charge in [0, 0.05) is 6.42 Å². The lowest BCUT2D eigenvalue weighted by atomic mass is 9.89. The molecule has 0 aromatic carbocycles. The summed E-state index contributed by atoms with van der Waals surface area (Å²) in [6.07, 6.45) is 6.82. The Labute approximate surface area is 131 Å². The minimum absolute atomic E-state index is 0.175. The van der Waals surface area contributed by atoms with Crippen LogP contribution in [0.1, 0.15) is 74.1 Å². The van der Waals surface area contributed by atoms with Crippen molar-refractivity contribution >= 4 is 11.8 Å². The Hall–Kier alpha value is -1.38. The first kappa shape index (κ1) is 24.6. The average Bonchev–Trinajstić information content (AvgIpc) is 2.50. The van der Waals surface area contributed by atoms with Gasteiger partial charge in [0.1, 0.15) is 0 Å². The molecule has 0 aliphatic carbocycles. The number of nitrogens with one attached hydrogen (secondary N) is 1. The lowest BCUT2D eigenvalue weighted by molar-refractivity contribution is -0.135. The standard InChI is InChI=1S/C11H15NO2.C3H8.2C2H6/c1-3-5-8(4-2)9-6-7-10(13)12-11(9)14;1-3-2;2*1-2/h4-5,9H,2-3,6-7H2,1H3,(H,12,13,14);3H2,1-2H3;2*1-2H3/b8-5+;;;. The molecule has 0 bridgehead atoms. The SMILES string of the molecule is C=C/C(=C\CC)C1CCC(=O)NC1=O.CC.CC.CCC. The van der Waals surface area contributed by atoms with Crippen LogP contribution in [0.4, 0.5) is 0 Å². The van der Waals surface area contributed by atoms with Gasteiger partial charge in [-0.1, -0.05) is 73.6 Å². The van der Waals surface area contributed by atoms with E-state index in [0.29, 0.717) is 12.8 Å². The summed E-state index contributed by atoms with van der Waals surface area (Å²) in [5.74, 6) is -0.558. The molecule has 1 rings (SSSR count). The summed E-state index contributed by atoms with van der Waals surface area (Å²) in [5, 5.41) is 2.34. The van der Waals surface area contributed by atoms with Crippen molar-refractivity contribution in [2.45, 2.75) is 74.1 Å². The third-order valence-electron chi connectivity index (χ3n) is 2.32. The Kier molecular flexibility index (Phi) is 21.8. The number of carbonyl (C=O) groups is 2. The number of hydrogen-bond donors (Lipinski definition) is 1. The van der Waals surface area contributed by atoms with Crippen LogP contribution in [0.3, 0.4) is 0 Å². The first-order valence-corrected chi connectivity index (χ1v) is 8.26. The number of amides is 2. The smallest absolute Gasteiger partial charge is 0.234 e. The number of imide groups is 1. The molecule has 1 atom stereocenters. The van der Waals surface area contributed by atoms with E-state index >= 15 is 0 Å². The number of hydrogen-bond acceptors (Lipinski definition) is 2. The Morgan fingerprint density at radius 3 is 2.00 bits per heavy atom. The second-order valence-corrected chi connectivity index (χ2v) is 4.03. The van der Waals surface area contributed by atoms with Gasteiger partial charge in [-0.05, 0) is 18.4 Å². The highest BCUT2D eigenvalue weighted by atomic mass is 16.2. The third kappa shape index (κ3) is 12.1. The maximum absolute atomic E-state index is 11.5. The quantitative estimate of drug-likeness (QED) is 0.586. The second-order valence-electron chi connectivity index (χ2n) is 4.03. The third-order valence-corrected chi connectivity index (χ3v) is 2.32. The zero-order chi connectivity index (χ0) is 17.3. The molecule has 0 spiro atoms. The number of carbonyl (C=O) groups excluding carboxylic acids is 2. The fourth-order valence-corrected chi connectivity index (χ4v) is 1.62. The summed E-state index contributed by atoms with van der Waals surface area (Å²) in [6.45, 7) is 17.9. The zero-order valence-corrected chi connectivity index (χ0v) is 15.1. The predicted molar refractivity (Wildman–Crippen MR) is 93.1 cm³/mol. The van der Waals surface area contributed by atoms with E-state index in [1.807, 2.05) is 40.7 Å². The molecule has 1 fully saturated rings. The fourth-order valence-electron chi connectivity index (χ4n) is 1.62. The van der Waals surface area contributed by atoms with Gasteiger partial charge >= 0.3 is 0 Å². The summed E-state index contributed by atoms with van der Waals surface area (Å²) in [6, 6.07) is 0. The van der Waals surface area contributed by atoms with Gasteiger partial charge in [-0.2, -0.15) is 0 Å². The van der Waals surface area contributed by atoms with Crippen LogP contribution in [-0.2, 0) is 9.59 Å². The van der Waals surface area contributed by atoms with Gasteiger partial charge in [-0.3, -0.25) is 14.9 Å². The molecule has 1 heterocycles. The summed E-state index contributed by atoms with van der Waals surface area (Å²) in [5.41, 5.74) is 0.928. The van der Waals surface area contributed by atoms with Crippen LogP contribution in [0.5, 0.6) is 0 Å². The number of allylic oxidation sites excluding steroid dienone is 2. The van der Waals surface area contributed by atoms with Crippen LogP contribution in [0, 0.1) is 5.92 Å². The minimum Gasteiger partial charge on any atom is -0.296 e. The molecule has 124 valence electrons. The average molecular weight is 297 g/mol. The molecule has 0 radical (unpaired) electrons. The molecule has 0 aromatic heterocycles. The molecule has 0 aromatic rings. The normalized spacial score (nSPS) is 16.9. The molecule has 1 saturated heterocycles. The van der Waals surface area contributed by atoms with Crippen molar-refractivity contribution < 1.29 is 9.59 Å². The summed E-state index contributed by atoms with van der Waals surface area (Å²) in [7, 11) is 0. The maximum atomic E-state index is 11.5. The Morgan fingerprint density at radius 2 is 1.67 bits per heavy atom. The van der Waals surface area contributed by atoms with Crippen molar-refractivity contribution in [3.05, 3.63) is 24.3 Å². The molecule has 1 aliphatic heterocycles. The Balaban J connectivity index is -0.000000399. The second kappa shape index (κ2) is 18.6. The molecule has 3 heteroatoms. The van der Waals surface area contributed by atoms with Crippen LogP contribution in [0.25, 0.3) is 0 Å². The topological polar surface area (TPSA) is 46.2 Å². The first-order valence-electron chi connectivity index (χ1n) is 8.26.